The van der Waals surface area contributed by atoms with Crippen molar-refractivity contribution in [1.82, 2.24) is 4.90 Å². The zero-order chi connectivity index (χ0) is 14.7. The molecule has 0 fully saturated rings. The summed E-state index contributed by atoms with van der Waals surface area (Å²) in [6.45, 7) is 2.98. The lowest BCUT2D eigenvalue weighted by molar-refractivity contribution is 0.253. The molecule has 0 aliphatic heterocycles. The van der Waals surface area contributed by atoms with Crippen LogP contribution < -0.4 is 5.73 Å². The molecular weight excluding hydrogens is 291 g/mol. The lowest BCUT2D eigenvalue weighted by Crippen LogP contribution is -2.21. The third kappa shape index (κ3) is 3.66. The van der Waals surface area contributed by atoms with Gasteiger partial charge in [0.25, 0.3) is 0 Å². The van der Waals surface area contributed by atoms with Gasteiger partial charge in [-0.25, -0.2) is 0 Å². The van der Waals surface area contributed by atoms with Crippen LogP contribution in [0.4, 0.5) is 5.69 Å². The molecule has 2 N–H and O–H groups in total. The normalized spacial score (nSPS) is 12.7. The monoisotopic (exact) mass is 308 g/mol. The van der Waals surface area contributed by atoms with Gasteiger partial charge in [0.15, 0.2) is 0 Å². The fourth-order valence-electron chi connectivity index (χ4n) is 2.11. The van der Waals surface area contributed by atoms with Crippen LogP contribution in [0.2, 0.25) is 10.0 Å². The second-order valence-electron chi connectivity index (χ2n) is 5.00. The third-order valence-corrected chi connectivity index (χ3v) is 4.10. The van der Waals surface area contributed by atoms with Crippen LogP contribution >= 0.6 is 23.2 Å². The number of nitrogen functional groups attached to an aromatic ring is 1. The molecule has 2 rings (SSSR count). The van der Waals surface area contributed by atoms with Gasteiger partial charge in [0, 0.05) is 17.6 Å². The number of hydrogen-bond donors (Lipinski definition) is 1. The zero-order valence-electron chi connectivity index (χ0n) is 11.6. The Balaban J connectivity index is 2.08. The van der Waals surface area contributed by atoms with Gasteiger partial charge in [0.05, 0.1) is 10.7 Å². The highest BCUT2D eigenvalue weighted by molar-refractivity contribution is 6.33. The van der Waals surface area contributed by atoms with Gasteiger partial charge in [-0.1, -0.05) is 41.4 Å². The van der Waals surface area contributed by atoms with Crippen molar-refractivity contribution < 1.29 is 0 Å². The summed E-state index contributed by atoms with van der Waals surface area (Å²) in [5, 5.41) is 1.36. The Morgan fingerprint density at radius 1 is 1.10 bits per heavy atom. The SMILES string of the molecule is CC(c1ccc(Cl)cc1)N(C)Cc1ccc(Cl)c(N)c1. The number of anilines is 1. The summed E-state index contributed by atoms with van der Waals surface area (Å²) in [4.78, 5) is 2.26. The highest BCUT2D eigenvalue weighted by Gasteiger charge is 2.12. The molecule has 20 heavy (non-hydrogen) atoms. The maximum absolute atomic E-state index is 5.94. The predicted molar refractivity (Wildman–Crippen MR) is 87.2 cm³/mol. The Bertz CT molecular complexity index is 582. The first-order valence-corrected chi connectivity index (χ1v) is 7.22. The van der Waals surface area contributed by atoms with Crippen LogP contribution in [0.3, 0.4) is 0 Å². The molecule has 0 radical (unpaired) electrons. The quantitative estimate of drug-likeness (QED) is 0.824. The molecule has 0 aliphatic carbocycles. The molecule has 0 aliphatic rings. The van der Waals surface area contributed by atoms with Crippen LogP contribution in [0.5, 0.6) is 0 Å². The predicted octanol–water partition coefficient (Wildman–Crippen LogP) is 4.77. The molecule has 0 heterocycles. The van der Waals surface area contributed by atoms with Crippen LogP contribution in [0.15, 0.2) is 42.5 Å². The molecule has 0 saturated heterocycles. The molecule has 0 bridgehead atoms. The van der Waals surface area contributed by atoms with Gasteiger partial charge >= 0.3 is 0 Å². The van der Waals surface area contributed by atoms with E-state index in [9.17, 15) is 0 Å². The van der Waals surface area contributed by atoms with E-state index >= 15 is 0 Å². The van der Waals surface area contributed by atoms with Gasteiger partial charge in [-0.2, -0.15) is 0 Å². The van der Waals surface area contributed by atoms with Gasteiger partial charge in [-0.15, -0.1) is 0 Å². The van der Waals surface area contributed by atoms with Crippen molar-refractivity contribution in [2.24, 2.45) is 0 Å². The van der Waals surface area contributed by atoms with E-state index in [-0.39, 0.29) is 0 Å². The molecule has 106 valence electrons. The standard InChI is InChI=1S/C16H18Cl2N2/c1-11(13-4-6-14(17)7-5-13)20(2)10-12-3-8-15(18)16(19)9-12/h3-9,11H,10,19H2,1-2H3. The Hall–Kier alpha value is -1.22. The van der Waals surface area contributed by atoms with E-state index in [0.29, 0.717) is 16.8 Å². The molecule has 0 saturated carbocycles. The summed E-state index contributed by atoms with van der Waals surface area (Å²) >= 11 is 11.9. The number of nitrogens with two attached hydrogens (primary N) is 1. The minimum absolute atomic E-state index is 0.296. The number of rotatable bonds is 4. The Morgan fingerprint density at radius 2 is 1.75 bits per heavy atom. The fraction of sp³-hybridized carbons (Fsp3) is 0.250. The lowest BCUT2D eigenvalue weighted by atomic mass is 10.1. The molecule has 0 spiro atoms. The van der Waals surface area contributed by atoms with Gasteiger partial charge in [-0.05, 0) is 49.4 Å². The van der Waals surface area contributed by atoms with Gasteiger partial charge < -0.3 is 5.73 Å². The number of nitrogens with zero attached hydrogens (tertiary/aromatic N) is 1. The highest BCUT2D eigenvalue weighted by Crippen LogP contribution is 2.24. The average molecular weight is 309 g/mol. The first kappa shape index (κ1) is 15.2. The smallest absolute Gasteiger partial charge is 0.0635 e. The van der Waals surface area contributed by atoms with E-state index in [4.69, 9.17) is 28.9 Å². The summed E-state index contributed by atoms with van der Waals surface area (Å²) in [6.07, 6.45) is 0. The van der Waals surface area contributed by atoms with Gasteiger partial charge in [0.2, 0.25) is 0 Å². The summed E-state index contributed by atoms with van der Waals surface area (Å²) in [6, 6.07) is 14.0. The topological polar surface area (TPSA) is 29.3 Å². The molecule has 1 unspecified atom stereocenters. The second kappa shape index (κ2) is 6.49. The van der Waals surface area contributed by atoms with E-state index in [2.05, 4.69) is 31.0 Å². The van der Waals surface area contributed by atoms with E-state index in [1.54, 1.807) is 0 Å². The molecule has 2 aromatic rings. The highest BCUT2D eigenvalue weighted by atomic mass is 35.5. The summed E-state index contributed by atoms with van der Waals surface area (Å²) in [5.74, 6) is 0. The summed E-state index contributed by atoms with van der Waals surface area (Å²) in [5.41, 5.74) is 8.84. The van der Waals surface area contributed by atoms with E-state index < -0.39 is 0 Å². The largest absolute Gasteiger partial charge is 0.398 e. The average Bonchev–Trinajstić information content (AvgIpc) is 2.43. The summed E-state index contributed by atoms with van der Waals surface area (Å²) < 4.78 is 0. The first-order valence-electron chi connectivity index (χ1n) is 6.47. The second-order valence-corrected chi connectivity index (χ2v) is 5.84. The first-order chi connectivity index (χ1) is 9.47. The number of halogens is 2. The van der Waals surface area contributed by atoms with E-state index in [0.717, 1.165) is 17.1 Å². The van der Waals surface area contributed by atoms with Crippen LogP contribution in [0, 0.1) is 0 Å². The van der Waals surface area contributed by atoms with Crippen LogP contribution in [-0.4, -0.2) is 11.9 Å². The van der Waals surface area contributed by atoms with Crippen LogP contribution in [0.1, 0.15) is 24.1 Å². The van der Waals surface area contributed by atoms with Crippen molar-refractivity contribution in [2.45, 2.75) is 19.5 Å². The van der Waals surface area contributed by atoms with Crippen LogP contribution in [0.25, 0.3) is 0 Å². The fourth-order valence-corrected chi connectivity index (χ4v) is 2.36. The minimum atomic E-state index is 0.296. The van der Waals surface area contributed by atoms with Gasteiger partial charge in [0.1, 0.15) is 0 Å². The van der Waals surface area contributed by atoms with Crippen LogP contribution in [-0.2, 0) is 6.54 Å². The summed E-state index contributed by atoms with van der Waals surface area (Å²) in [7, 11) is 2.09. The molecule has 0 aromatic heterocycles. The maximum Gasteiger partial charge on any atom is 0.0635 e. The van der Waals surface area contributed by atoms with Crippen molar-refractivity contribution in [3.63, 3.8) is 0 Å². The van der Waals surface area contributed by atoms with Crippen molar-refractivity contribution in [2.75, 3.05) is 12.8 Å². The lowest BCUT2D eigenvalue weighted by Gasteiger charge is -2.25. The number of benzene rings is 2. The van der Waals surface area contributed by atoms with E-state index in [1.165, 1.54) is 5.56 Å². The van der Waals surface area contributed by atoms with E-state index in [1.807, 2.05) is 30.3 Å². The minimum Gasteiger partial charge on any atom is -0.398 e. The third-order valence-electron chi connectivity index (χ3n) is 3.51. The Labute approximate surface area is 130 Å². The van der Waals surface area contributed by atoms with Crippen molar-refractivity contribution in [3.05, 3.63) is 63.6 Å². The Kier molecular flexibility index (Phi) is 4.92. The van der Waals surface area contributed by atoms with Crippen molar-refractivity contribution in [3.8, 4) is 0 Å². The molecule has 2 nitrogen and oxygen atoms in total. The Morgan fingerprint density at radius 3 is 2.35 bits per heavy atom. The molecule has 2 aromatic carbocycles. The van der Waals surface area contributed by atoms with Crippen molar-refractivity contribution in [1.29, 1.82) is 0 Å². The molecular formula is C16H18Cl2N2. The molecule has 0 amide bonds. The zero-order valence-corrected chi connectivity index (χ0v) is 13.1. The maximum atomic E-state index is 5.94. The molecule has 4 heteroatoms. The number of hydrogen-bond acceptors (Lipinski definition) is 2. The molecule has 1 atom stereocenters. The van der Waals surface area contributed by atoms with Crippen molar-refractivity contribution >= 4 is 28.9 Å². The van der Waals surface area contributed by atoms with Gasteiger partial charge in [-0.3, -0.25) is 4.90 Å².